The lowest BCUT2D eigenvalue weighted by atomic mass is 9.97. The number of hydrogen-bond acceptors (Lipinski definition) is 3. The molecule has 0 saturated heterocycles. The van der Waals surface area contributed by atoms with Crippen molar-refractivity contribution in [2.75, 3.05) is 4.90 Å². The number of benzene rings is 9. The molecule has 0 amide bonds. The predicted octanol–water partition coefficient (Wildman–Crippen LogP) is 13.6. The van der Waals surface area contributed by atoms with Crippen LogP contribution in [-0.2, 0) is 0 Å². The molecule has 0 aliphatic rings. The largest absolute Gasteiger partial charge is 0.456 e. The van der Waals surface area contributed by atoms with Gasteiger partial charge in [0.25, 0.3) is 0 Å². The van der Waals surface area contributed by atoms with Crippen LogP contribution >= 0.6 is 0 Å². The Kier molecular flexibility index (Phi) is 5.38. The van der Waals surface area contributed by atoms with Crippen LogP contribution in [0.15, 0.2) is 173 Å². The zero-order valence-corrected chi connectivity index (χ0v) is 26.4. The van der Waals surface area contributed by atoms with Gasteiger partial charge in [-0.1, -0.05) is 103 Å². The van der Waals surface area contributed by atoms with E-state index in [0.717, 1.165) is 66.3 Å². The molecule has 11 rings (SSSR count). The molecule has 0 unspecified atom stereocenters. The topological polar surface area (TPSA) is 29.5 Å². The van der Waals surface area contributed by atoms with E-state index in [1.54, 1.807) is 0 Å². The Balaban J connectivity index is 1.23. The van der Waals surface area contributed by atoms with Crippen LogP contribution in [0.2, 0.25) is 0 Å². The van der Waals surface area contributed by atoms with Crippen molar-refractivity contribution in [3.63, 3.8) is 0 Å². The summed E-state index contributed by atoms with van der Waals surface area (Å²) < 4.78 is 12.5. The first-order valence-corrected chi connectivity index (χ1v) is 16.7. The van der Waals surface area contributed by atoms with E-state index in [1.165, 1.54) is 37.7 Å². The summed E-state index contributed by atoms with van der Waals surface area (Å²) >= 11 is 0. The summed E-state index contributed by atoms with van der Waals surface area (Å²) in [7, 11) is 0. The number of hydrogen-bond donors (Lipinski definition) is 0. The Labute approximate surface area is 280 Å². The molecule has 3 nitrogen and oxygen atoms in total. The van der Waals surface area contributed by atoms with Crippen molar-refractivity contribution in [2.45, 2.75) is 0 Å². The van der Waals surface area contributed by atoms with Crippen LogP contribution in [0.1, 0.15) is 0 Å². The monoisotopic (exact) mass is 625 g/mol. The first-order valence-electron chi connectivity index (χ1n) is 16.7. The zero-order chi connectivity index (χ0) is 32.1. The second-order valence-electron chi connectivity index (χ2n) is 12.9. The highest BCUT2D eigenvalue weighted by Gasteiger charge is 2.20. The van der Waals surface area contributed by atoms with Crippen LogP contribution in [0, 0.1) is 0 Å². The van der Waals surface area contributed by atoms with Crippen molar-refractivity contribution >= 4 is 104 Å². The quantitative estimate of drug-likeness (QED) is 0.183. The Morgan fingerprint density at radius 1 is 0.286 bits per heavy atom. The average molecular weight is 626 g/mol. The first kappa shape index (κ1) is 26.5. The maximum atomic E-state index is 6.27. The standard InChI is InChI=1S/C46H27NO2/c1-2-10-33-29(9-1)23-42(35-12-4-3-11-34(33)35)47(32-21-22-45-40(26-32)36-13-5-7-15-43(36)48-45)31-20-19-28-17-18-30-24-46-41(27-39(30)38(28)25-31)37-14-6-8-16-44(37)49-46/h1-27H. The van der Waals surface area contributed by atoms with Crippen molar-refractivity contribution in [1.82, 2.24) is 0 Å². The molecule has 228 valence electrons. The third-order valence-corrected chi connectivity index (χ3v) is 10.2. The third-order valence-electron chi connectivity index (χ3n) is 10.2. The normalized spacial score (nSPS) is 12.1. The number of furan rings is 2. The molecule has 0 radical (unpaired) electrons. The number of para-hydroxylation sites is 2. The van der Waals surface area contributed by atoms with Crippen molar-refractivity contribution < 1.29 is 8.83 Å². The van der Waals surface area contributed by atoms with E-state index in [1.807, 2.05) is 24.3 Å². The van der Waals surface area contributed by atoms with Crippen LogP contribution in [-0.4, -0.2) is 0 Å². The first-order chi connectivity index (χ1) is 24.3. The van der Waals surface area contributed by atoms with E-state index in [2.05, 4.69) is 144 Å². The minimum atomic E-state index is 0.883. The molecule has 49 heavy (non-hydrogen) atoms. The number of fused-ring (bicyclic) bond motifs is 12. The maximum Gasteiger partial charge on any atom is 0.136 e. The van der Waals surface area contributed by atoms with Gasteiger partial charge in [0, 0.05) is 38.3 Å². The second kappa shape index (κ2) is 9.96. The average Bonchev–Trinajstić information content (AvgIpc) is 3.71. The number of anilines is 3. The number of nitrogens with zero attached hydrogens (tertiary/aromatic N) is 1. The lowest BCUT2D eigenvalue weighted by molar-refractivity contribution is 0.668. The van der Waals surface area contributed by atoms with E-state index in [4.69, 9.17) is 8.83 Å². The van der Waals surface area contributed by atoms with Gasteiger partial charge in [-0.05, 0) is 98.4 Å². The van der Waals surface area contributed by atoms with Crippen LogP contribution in [0.4, 0.5) is 17.1 Å². The molecule has 3 heteroatoms. The molecule has 0 atom stereocenters. The van der Waals surface area contributed by atoms with E-state index >= 15 is 0 Å². The Morgan fingerprint density at radius 2 is 0.796 bits per heavy atom. The molecular formula is C46H27NO2. The fraction of sp³-hybridized carbons (Fsp3) is 0. The van der Waals surface area contributed by atoms with E-state index in [0.29, 0.717) is 0 Å². The zero-order valence-electron chi connectivity index (χ0n) is 26.4. The molecular weight excluding hydrogens is 599 g/mol. The van der Waals surface area contributed by atoms with Crippen LogP contribution in [0.25, 0.3) is 87.0 Å². The molecule has 9 aromatic carbocycles. The molecule has 0 N–H and O–H groups in total. The maximum absolute atomic E-state index is 6.27. The summed E-state index contributed by atoms with van der Waals surface area (Å²) in [4.78, 5) is 2.42. The summed E-state index contributed by atoms with van der Waals surface area (Å²) in [5, 5.41) is 14.1. The minimum Gasteiger partial charge on any atom is -0.456 e. The summed E-state index contributed by atoms with van der Waals surface area (Å²) in [6.07, 6.45) is 0. The minimum absolute atomic E-state index is 0.883. The molecule has 0 aliphatic heterocycles. The van der Waals surface area contributed by atoms with Gasteiger partial charge in [-0.25, -0.2) is 0 Å². The SMILES string of the molecule is c1ccc2c(c1)cc(N(c1ccc3ccc4cc5oc6ccccc6c5cc4c3c1)c1ccc3oc4ccccc4c3c1)c1ccccc12. The lowest BCUT2D eigenvalue weighted by Crippen LogP contribution is -2.10. The summed E-state index contributed by atoms with van der Waals surface area (Å²) in [5.74, 6) is 0. The van der Waals surface area contributed by atoms with Crippen LogP contribution < -0.4 is 4.90 Å². The Hall–Kier alpha value is -6.58. The van der Waals surface area contributed by atoms with E-state index in [9.17, 15) is 0 Å². The molecule has 0 bridgehead atoms. The molecule has 11 aromatic rings. The van der Waals surface area contributed by atoms with Crippen molar-refractivity contribution in [2.24, 2.45) is 0 Å². The molecule has 0 spiro atoms. The van der Waals surface area contributed by atoms with Crippen molar-refractivity contribution in [3.8, 4) is 0 Å². The predicted molar refractivity (Wildman–Crippen MR) is 206 cm³/mol. The van der Waals surface area contributed by atoms with Gasteiger partial charge in [0.2, 0.25) is 0 Å². The summed E-state index contributed by atoms with van der Waals surface area (Å²) in [6.45, 7) is 0. The van der Waals surface area contributed by atoms with Gasteiger partial charge in [-0.15, -0.1) is 0 Å². The molecule has 0 saturated carbocycles. The summed E-state index contributed by atoms with van der Waals surface area (Å²) in [5.41, 5.74) is 6.89. The van der Waals surface area contributed by atoms with Crippen LogP contribution in [0.5, 0.6) is 0 Å². The fourth-order valence-electron chi connectivity index (χ4n) is 7.90. The second-order valence-corrected chi connectivity index (χ2v) is 12.9. The molecule has 2 aromatic heterocycles. The lowest BCUT2D eigenvalue weighted by Gasteiger charge is -2.28. The smallest absolute Gasteiger partial charge is 0.136 e. The highest BCUT2D eigenvalue weighted by Crippen LogP contribution is 2.45. The Morgan fingerprint density at radius 3 is 1.59 bits per heavy atom. The molecule has 2 heterocycles. The van der Waals surface area contributed by atoms with Crippen LogP contribution in [0.3, 0.4) is 0 Å². The van der Waals surface area contributed by atoms with Crippen molar-refractivity contribution in [1.29, 1.82) is 0 Å². The molecule has 0 aliphatic carbocycles. The van der Waals surface area contributed by atoms with Gasteiger partial charge in [-0.3, -0.25) is 0 Å². The van der Waals surface area contributed by atoms with Gasteiger partial charge in [0.15, 0.2) is 0 Å². The summed E-state index contributed by atoms with van der Waals surface area (Å²) in [6, 6.07) is 58.7. The molecule has 0 fully saturated rings. The van der Waals surface area contributed by atoms with Crippen molar-refractivity contribution in [3.05, 3.63) is 164 Å². The van der Waals surface area contributed by atoms with Gasteiger partial charge in [-0.2, -0.15) is 0 Å². The fourth-order valence-corrected chi connectivity index (χ4v) is 7.90. The number of rotatable bonds is 3. The highest BCUT2D eigenvalue weighted by molar-refractivity contribution is 6.18. The Bertz CT molecular complexity index is 3130. The van der Waals surface area contributed by atoms with E-state index < -0.39 is 0 Å². The van der Waals surface area contributed by atoms with Gasteiger partial charge in [0.05, 0.1) is 5.69 Å². The third kappa shape index (κ3) is 3.90. The van der Waals surface area contributed by atoms with Gasteiger partial charge >= 0.3 is 0 Å². The van der Waals surface area contributed by atoms with Gasteiger partial charge in [0.1, 0.15) is 22.3 Å². The van der Waals surface area contributed by atoms with E-state index in [-0.39, 0.29) is 0 Å². The van der Waals surface area contributed by atoms with Gasteiger partial charge < -0.3 is 13.7 Å². The highest BCUT2D eigenvalue weighted by atomic mass is 16.3.